The number of morpholine rings is 1. The lowest BCUT2D eigenvalue weighted by molar-refractivity contribution is -0.0331. The molecule has 1 heterocycles. The van der Waals surface area contributed by atoms with Crippen molar-refractivity contribution in [1.82, 2.24) is 4.90 Å². The largest absolute Gasteiger partial charge is 0.444 e. The van der Waals surface area contributed by atoms with Gasteiger partial charge in [-0.3, -0.25) is 4.90 Å². The summed E-state index contributed by atoms with van der Waals surface area (Å²) in [7, 11) is 0. The standard InChI is InChI=1S/C15H20FNO3/c1-15(2,3)20-14(18)17-7-8-19-10-13(17)11-5-4-6-12(16)9-11/h4-6,9,13H,7-8,10H2,1-3H3/t13-/m0/s1. The lowest BCUT2D eigenvalue weighted by atomic mass is 10.1. The predicted octanol–water partition coefficient (Wildman–Crippen LogP) is 3.13. The van der Waals surface area contributed by atoms with Crippen molar-refractivity contribution in [1.29, 1.82) is 0 Å². The van der Waals surface area contributed by atoms with Crippen LogP contribution in [0.15, 0.2) is 24.3 Å². The molecule has 5 heteroatoms. The molecule has 1 aliphatic rings. The third-order valence-electron chi connectivity index (χ3n) is 2.99. The number of nitrogens with zero attached hydrogens (tertiary/aromatic N) is 1. The van der Waals surface area contributed by atoms with Crippen LogP contribution in [0.5, 0.6) is 0 Å². The molecule has 0 spiro atoms. The highest BCUT2D eigenvalue weighted by Gasteiger charge is 2.32. The van der Waals surface area contributed by atoms with Crippen LogP contribution in [-0.4, -0.2) is 36.4 Å². The monoisotopic (exact) mass is 281 g/mol. The lowest BCUT2D eigenvalue weighted by Crippen LogP contribution is -2.45. The first-order valence-corrected chi connectivity index (χ1v) is 6.70. The first kappa shape index (κ1) is 14.8. The average Bonchev–Trinajstić information content (AvgIpc) is 2.37. The van der Waals surface area contributed by atoms with Crippen molar-refractivity contribution in [2.45, 2.75) is 32.4 Å². The fourth-order valence-corrected chi connectivity index (χ4v) is 2.13. The number of carbonyl (C=O) groups is 1. The predicted molar refractivity (Wildman–Crippen MR) is 72.9 cm³/mol. The molecule has 2 rings (SSSR count). The molecule has 1 fully saturated rings. The number of halogens is 1. The molecule has 20 heavy (non-hydrogen) atoms. The maximum atomic E-state index is 13.3. The molecule has 0 aliphatic carbocycles. The summed E-state index contributed by atoms with van der Waals surface area (Å²) in [5.41, 5.74) is 0.164. The summed E-state index contributed by atoms with van der Waals surface area (Å²) in [6, 6.07) is 5.92. The first-order chi connectivity index (χ1) is 9.37. The van der Waals surface area contributed by atoms with E-state index in [0.29, 0.717) is 19.8 Å². The third kappa shape index (κ3) is 3.70. The number of benzene rings is 1. The number of rotatable bonds is 1. The number of carbonyl (C=O) groups excluding carboxylic acids is 1. The molecule has 1 saturated heterocycles. The molecule has 0 unspecified atom stereocenters. The van der Waals surface area contributed by atoms with E-state index >= 15 is 0 Å². The van der Waals surface area contributed by atoms with Crippen molar-refractivity contribution >= 4 is 6.09 Å². The Morgan fingerprint density at radius 2 is 2.20 bits per heavy atom. The molecule has 0 radical (unpaired) electrons. The van der Waals surface area contributed by atoms with Gasteiger partial charge < -0.3 is 9.47 Å². The summed E-state index contributed by atoms with van der Waals surface area (Å²) in [6.07, 6.45) is -0.393. The Morgan fingerprint density at radius 3 is 2.85 bits per heavy atom. The Labute approximate surface area is 118 Å². The summed E-state index contributed by atoms with van der Waals surface area (Å²) < 4.78 is 24.2. The summed E-state index contributed by atoms with van der Waals surface area (Å²) in [5.74, 6) is -0.322. The van der Waals surface area contributed by atoms with Gasteiger partial charge in [0.25, 0.3) is 0 Å². The zero-order valence-electron chi connectivity index (χ0n) is 12.1. The van der Waals surface area contributed by atoms with Crippen molar-refractivity contribution in [3.8, 4) is 0 Å². The van der Waals surface area contributed by atoms with E-state index in [1.165, 1.54) is 12.1 Å². The van der Waals surface area contributed by atoms with Crippen molar-refractivity contribution in [3.05, 3.63) is 35.6 Å². The minimum Gasteiger partial charge on any atom is -0.444 e. The smallest absolute Gasteiger partial charge is 0.410 e. The molecular formula is C15H20FNO3. The van der Waals surface area contributed by atoms with Gasteiger partial charge in [0.2, 0.25) is 0 Å². The number of amides is 1. The van der Waals surface area contributed by atoms with Gasteiger partial charge >= 0.3 is 6.09 Å². The Kier molecular flexibility index (Phi) is 4.28. The molecule has 0 saturated carbocycles. The van der Waals surface area contributed by atoms with Crippen LogP contribution < -0.4 is 0 Å². The van der Waals surface area contributed by atoms with E-state index < -0.39 is 11.7 Å². The van der Waals surface area contributed by atoms with Crippen molar-refractivity contribution in [2.24, 2.45) is 0 Å². The van der Waals surface area contributed by atoms with Crippen LogP contribution in [-0.2, 0) is 9.47 Å². The summed E-state index contributed by atoms with van der Waals surface area (Å²) in [4.78, 5) is 13.8. The first-order valence-electron chi connectivity index (χ1n) is 6.70. The average molecular weight is 281 g/mol. The zero-order chi connectivity index (χ0) is 14.8. The summed E-state index contributed by atoms with van der Waals surface area (Å²) in [5, 5.41) is 0. The highest BCUT2D eigenvalue weighted by molar-refractivity contribution is 5.69. The van der Waals surface area contributed by atoms with Crippen LogP contribution in [0.3, 0.4) is 0 Å². The van der Waals surface area contributed by atoms with E-state index in [0.717, 1.165) is 5.56 Å². The third-order valence-corrected chi connectivity index (χ3v) is 2.99. The molecule has 0 aromatic heterocycles. The molecule has 110 valence electrons. The maximum absolute atomic E-state index is 13.3. The van der Waals surface area contributed by atoms with Gasteiger partial charge in [-0.25, -0.2) is 9.18 Å². The molecule has 1 aromatic carbocycles. The second-order valence-corrected chi connectivity index (χ2v) is 5.82. The Balaban J connectivity index is 2.19. The van der Waals surface area contributed by atoms with Crippen LogP contribution in [0.25, 0.3) is 0 Å². The van der Waals surface area contributed by atoms with Gasteiger partial charge in [-0.05, 0) is 38.5 Å². The van der Waals surface area contributed by atoms with Gasteiger partial charge in [-0.15, -0.1) is 0 Å². The van der Waals surface area contributed by atoms with Crippen molar-refractivity contribution in [3.63, 3.8) is 0 Å². The van der Waals surface area contributed by atoms with Gasteiger partial charge in [0, 0.05) is 6.54 Å². The molecule has 0 bridgehead atoms. The van der Waals surface area contributed by atoms with Crippen LogP contribution >= 0.6 is 0 Å². The fourth-order valence-electron chi connectivity index (χ4n) is 2.13. The van der Waals surface area contributed by atoms with Gasteiger partial charge in [0.1, 0.15) is 11.4 Å². The van der Waals surface area contributed by atoms with Gasteiger partial charge in [-0.2, -0.15) is 0 Å². The zero-order valence-corrected chi connectivity index (χ0v) is 12.1. The highest BCUT2D eigenvalue weighted by Crippen LogP contribution is 2.26. The number of hydrogen-bond donors (Lipinski definition) is 0. The Morgan fingerprint density at radius 1 is 1.45 bits per heavy atom. The minimum absolute atomic E-state index is 0.311. The highest BCUT2D eigenvalue weighted by atomic mass is 19.1. The van der Waals surface area contributed by atoms with Gasteiger partial charge in [0.05, 0.1) is 19.3 Å². The second kappa shape index (κ2) is 5.79. The van der Waals surface area contributed by atoms with E-state index in [1.54, 1.807) is 17.0 Å². The van der Waals surface area contributed by atoms with Crippen LogP contribution in [0.4, 0.5) is 9.18 Å². The van der Waals surface area contributed by atoms with Crippen LogP contribution in [0, 0.1) is 5.82 Å². The number of hydrogen-bond acceptors (Lipinski definition) is 3. The van der Waals surface area contributed by atoms with Crippen molar-refractivity contribution < 1.29 is 18.7 Å². The Hall–Kier alpha value is -1.62. The molecule has 4 nitrogen and oxygen atoms in total. The molecule has 1 amide bonds. The minimum atomic E-state index is -0.554. The Bertz CT molecular complexity index is 484. The topological polar surface area (TPSA) is 38.8 Å². The van der Waals surface area contributed by atoms with Gasteiger partial charge in [-0.1, -0.05) is 12.1 Å². The van der Waals surface area contributed by atoms with E-state index in [-0.39, 0.29) is 11.9 Å². The molecule has 1 aliphatic heterocycles. The lowest BCUT2D eigenvalue weighted by Gasteiger charge is -2.36. The maximum Gasteiger partial charge on any atom is 0.410 e. The molecule has 0 N–H and O–H groups in total. The quantitative estimate of drug-likeness (QED) is 0.794. The number of ether oxygens (including phenoxy) is 2. The summed E-state index contributed by atoms with van der Waals surface area (Å²) >= 11 is 0. The molecule has 1 atom stereocenters. The van der Waals surface area contributed by atoms with E-state index in [9.17, 15) is 9.18 Å². The molecular weight excluding hydrogens is 261 g/mol. The molecule has 1 aromatic rings. The fraction of sp³-hybridized carbons (Fsp3) is 0.533. The second-order valence-electron chi connectivity index (χ2n) is 5.82. The van der Waals surface area contributed by atoms with E-state index in [1.807, 2.05) is 20.8 Å². The van der Waals surface area contributed by atoms with E-state index in [4.69, 9.17) is 9.47 Å². The SMILES string of the molecule is CC(C)(C)OC(=O)N1CCOC[C@H]1c1cccc(F)c1. The van der Waals surface area contributed by atoms with Gasteiger partial charge in [0.15, 0.2) is 0 Å². The van der Waals surface area contributed by atoms with Crippen molar-refractivity contribution in [2.75, 3.05) is 19.8 Å². The normalized spacial score (nSPS) is 19.8. The van der Waals surface area contributed by atoms with Crippen LogP contribution in [0.1, 0.15) is 32.4 Å². The van der Waals surface area contributed by atoms with E-state index in [2.05, 4.69) is 0 Å². The van der Waals surface area contributed by atoms with Crippen LogP contribution in [0.2, 0.25) is 0 Å². The summed E-state index contributed by atoms with van der Waals surface area (Å²) in [6.45, 7) is 6.72.